The van der Waals surface area contributed by atoms with Crippen molar-refractivity contribution in [3.05, 3.63) is 29.8 Å². The number of imide groups is 1. The summed E-state index contributed by atoms with van der Waals surface area (Å²) in [6.45, 7) is 8.34. The molecular weight excluding hydrogens is 328 g/mol. The first-order valence-electron chi connectivity index (χ1n) is 9.54. The second kappa shape index (κ2) is 7.48. The lowest BCUT2D eigenvalue weighted by molar-refractivity contribution is -0.132. The fourth-order valence-corrected chi connectivity index (χ4v) is 3.79. The summed E-state index contributed by atoms with van der Waals surface area (Å²) < 4.78 is 0. The molecule has 3 amide bonds. The van der Waals surface area contributed by atoms with Crippen LogP contribution in [-0.2, 0) is 4.79 Å². The highest BCUT2D eigenvalue weighted by molar-refractivity contribution is 6.07. The van der Waals surface area contributed by atoms with E-state index in [4.69, 9.17) is 0 Å². The highest BCUT2D eigenvalue weighted by Crippen LogP contribution is 2.36. The summed E-state index contributed by atoms with van der Waals surface area (Å²) in [5.74, 6) is 0.387. The molecule has 1 saturated heterocycles. The summed E-state index contributed by atoms with van der Waals surface area (Å²) >= 11 is 0. The fraction of sp³-hybridized carbons (Fsp3) is 0.550. The number of hydrogen-bond donors (Lipinski definition) is 1. The average Bonchev–Trinajstić information content (AvgIpc) is 2.88. The Bertz CT molecular complexity index is 686. The van der Waals surface area contributed by atoms with E-state index in [2.05, 4.69) is 36.1 Å². The number of urea groups is 1. The van der Waals surface area contributed by atoms with Gasteiger partial charge in [-0.25, -0.2) is 4.79 Å². The maximum Gasteiger partial charge on any atom is 0.346 e. The standard InChI is InChI=1S/C20H28N4O2/c1-4-23(5-2)17-8-6-16(7-9-17)14-21-24-18(25)20(22-19(24)26)12-10-15(3)11-13-20/h6-9,14-15H,4-5,10-13H2,1-3H3,(H,22,26)/b21-14+. The van der Waals surface area contributed by atoms with Crippen LogP contribution in [0.3, 0.4) is 0 Å². The molecule has 1 aliphatic heterocycles. The molecule has 1 aromatic rings. The van der Waals surface area contributed by atoms with Crippen molar-refractivity contribution < 1.29 is 9.59 Å². The topological polar surface area (TPSA) is 65.0 Å². The quantitative estimate of drug-likeness (QED) is 0.650. The number of amides is 3. The van der Waals surface area contributed by atoms with Crippen molar-refractivity contribution in [3.8, 4) is 0 Å². The van der Waals surface area contributed by atoms with Gasteiger partial charge in [-0.2, -0.15) is 5.10 Å². The van der Waals surface area contributed by atoms with Gasteiger partial charge >= 0.3 is 6.03 Å². The van der Waals surface area contributed by atoms with Gasteiger partial charge < -0.3 is 10.2 Å². The van der Waals surface area contributed by atoms with Crippen LogP contribution in [0.4, 0.5) is 10.5 Å². The molecule has 2 aliphatic rings. The Morgan fingerprint density at radius 2 is 1.81 bits per heavy atom. The Kier molecular flexibility index (Phi) is 5.30. The first-order chi connectivity index (χ1) is 12.5. The molecule has 0 atom stereocenters. The van der Waals surface area contributed by atoms with Crippen LogP contribution in [0.2, 0.25) is 0 Å². The molecule has 1 N–H and O–H groups in total. The van der Waals surface area contributed by atoms with Crippen LogP contribution in [0.15, 0.2) is 29.4 Å². The highest BCUT2D eigenvalue weighted by atomic mass is 16.2. The first-order valence-corrected chi connectivity index (χ1v) is 9.54. The number of anilines is 1. The number of nitrogens with one attached hydrogen (secondary N) is 1. The lowest BCUT2D eigenvalue weighted by Gasteiger charge is -2.33. The molecule has 6 nitrogen and oxygen atoms in total. The van der Waals surface area contributed by atoms with Gasteiger partial charge in [0.2, 0.25) is 0 Å². The van der Waals surface area contributed by atoms with Crippen LogP contribution in [0.5, 0.6) is 0 Å². The van der Waals surface area contributed by atoms with E-state index >= 15 is 0 Å². The number of carbonyl (C=O) groups excluding carboxylic acids is 2. The van der Waals surface area contributed by atoms with Crippen molar-refractivity contribution in [2.75, 3.05) is 18.0 Å². The van der Waals surface area contributed by atoms with E-state index in [0.29, 0.717) is 18.8 Å². The molecule has 0 bridgehead atoms. The normalized spacial score (nSPS) is 26.0. The molecule has 6 heteroatoms. The van der Waals surface area contributed by atoms with Gasteiger partial charge in [-0.05, 0) is 63.1 Å². The molecule has 3 rings (SSSR count). The van der Waals surface area contributed by atoms with Crippen molar-refractivity contribution in [2.45, 2.75) is 52.0 Å². The zero-order chi connectivity index (χ0) is 18.7. The maximum atomic E-state index is 12.8. The van der Waals surface area contributed by atoms with E-state index in [1.807, 2.05) is 24.3 Å². The van der Waals surface area contributed by atoms with Crippen LogP contribution >= 0.6 is 0 Å². The molecule has 1 aromatic carbocycles. The third kappa shape index (κ3) is 3.45. The second-order valence-electron chi connectivity index (χ2n) is 7.32. The van der Waals surface area contributed by atoms with Crippen molar-refractivity contribution in [2.24, 2.45) is 11.0 Å². The first kappa shape index (κ1) is 18.4. The lowest BCUT2D eigenvalue weighted by atomic mass is 9.77. The number of benzene rings is 1. The molecule has 1 heterocycles. The van der Waals surface area contributed by atoms with Gasteiger partial charge in [0.05, 0.1) is 6.21 Å². The van der Waals surface area contributed by atoms with Crippen LogP contribution in [0.1, 0.15) is 52.0 Å². The minimum absolute atomic E-state index is 0.217. The van der Waals surface area contributed by atoms with Gasteiger partial charge in [0.25, 0.3) is 5.91 Å². The summed E-state index contributed by atoms with van der Waals surface area (Å²) in [5.41, 5.74) is 1.27. The SMILES string of the molecule is CCN(CC)c1ccc(/C=N/N2C(=O)NC3(CCC(C)CC3)C2=O)cc1. The second-order valence-corrected chi connectivity index (χ2v) is 7.32. The van der Waals surface area contributed by atoms with E-state index in [9.17, 15) is 9.59 Å². The Labute approximate surface area is 155 Å². The molecule has 1 saturated carbocycles. The lowest BCUT2D eigenvalue weighted by Crippen LogP contribution is -2.49. The summed E-state index contributed by atoms with van der Waals surface area (Å²) in [7, 11) is 0. The van der Waals surface area contributed by atoms with E-state index in [1.54, 1.807) is 6.21 Å². The van der Waals surface area contributed by atoms with Gasteiger partial charge in [-0.1, -0.05) is 19.1 Å². The predicted molar refractivity (Wildman–Crippen MR) is 103 cm³/mol. The van der Waals surface area contributed by atoms with E-state index in [1.165, 1.54) is 0 Å². The average molecular weight is 356 g/mol. The molecular formula is C20H28N4O2. The molecule has 2 fully saturated rings. The van der Waals surface area contributed by atoms with Crippen LogP contribution in [-0.4, -0.2) is 41.8 Å². The summed E-state index contributed by atoms with van der Waals surface area (Å²) in [6, 6.07) is 7.55. The summed E-state index contributed by atoms with van der Waals surface area (Å²) in [6.07, 6.45) is 4.88. The van der Waals surface area contributed by atoms with Crippen molar-refractivity contribution in [1.29, 1.82) is 0 Å². The number of carbonyl (C=O) groups is 2. The van der Waals surface area contributed by atoms with Crippen molar-refractivity contribution in [1.82, 2.24) is 10.3 Å². The highest BCUT2D eigenvalue weighted by Gasteiger charge is 2.52. The molecule has 26 heavy (non-hydrogen) atoms. The zero-order valence-corrected chi connectivity index (χ0v) is 15.9. The third-order valence-corrected chi connectivity index (χ3v) is 5.61. The van der Waals surface area contributed by atoms with E-state index in [0.717, 1.165) is 42.2 Å². The number of nitrogens with zero attached hydrogens (tertiary/aromatic N) is 3. The molecule has 0 aromatic heterocycles. The van der Waals surface area contributed by atoms with Gasteiger partial charge in [0, 0.05) is 18.8 Å². The van der Waals surface area contributed by atoms with Gasteiger partial charge in [-0.3, -0.25) is 4.79 Å². The van der Waals surface area contributed by atoms with Gasteiger partial charge in [-0.15, -0.1) is 5.01 Å². The summed E-state index contributed by atoms with van der Waals surface area (Å²) in [4.78, 5) is 27.3. The molecule has 0 unspecified atom stereocenters. The van der Waals surface area contributed by atoms with E-state index < -0.39 is 11.6 Å². The summed E-state index contributed by atoms with van der Waals surface area (Å²) in [5, 5.41) is 8.05. The zero-order valence-electron chi connectivity index (χ0n) is 15.9. The van der Waals surface area contributed by atoms with Crippen LogP contribution in [0.25, 0.3) is 0 Å². The van der Waals surface area contributed by atoms with Gasteiger partial charge in [0.1, 0.15) is 5.54 Å². The molecule has 1 aliphatic carbocycles. The Morgan fingerprint density at radius 3 is 2.38 bits per heavy atom. The fourth-order valence-electron chi connectivity index (χ4n) is 3.79. The molecule has 140 valence electrons. The van der Waals surface area contributed by atoms with E-state index in [-0.39, 0.29) is 5.91 Å². The minimum atomic E-state index is -0.743. The van der Waals surface area contributed by atoms with Crippen LogP contribution in [0, 0.1) is 5.92 Å². The Balaban J connectivity index is 1.70. The maximum absolute atomic E-state index is 12.8. The molecule has 1 spiro atoms. The van der Waals surface area contributed by atoms with Crippen LogP contribution < -0.4 is 10.2 Å². The monoisotopic (exact) mass is 356 g/mol. The number of hydrogen-bond acceptors (Lipinski definition) is 4. The van der Waals surface area contributed by atoms with Crippen molar-refractivity contribution >= 4 is 23.8 Å². The smallest absolute Gasteiger partial charge is 0.346 e. The minimum Gasteiger partial charge on any atom is -0.372 e. The Morgan fingerprint density at radius 1 is 1.19 bits per heavy atom. The van der Waals surface area contributed by atoms with Gasteiger partial charge in [0.15, 0.2) is 0 Å². The molecule has 0 radical (unpaired) electrons. The third-order valence-electron chi connectivity index (χ3n) is 5.61. The Hall–Kier alpha value is -2.37. The predicted octanol–water partition coefficient (Wildman–Crippen LogP) is 3.37. The van der Waals surface area contributed by atoms with Crippen molar-refractivity contribution in [3.63, 3.8) is 0 Å². The largest absolute Gasteiger partial charge is 0.372 e. The number of hydrazone groups is 1. The number of rotatable bonds is 5.